The molecule has 0 saturated heterocycles. The number of nitrogens with zero attached hydrogens (tertiary/aromatic N) is 1. The van der Waals surface area contributed by atoms with Crippen molar-refractivity contribution in [2.24, 2.45) is 7.05 Å². The summed E-state index contributed by atoms with van der Waals surface area (Å²) < 4.78 is 8.06. The monoisotopic (exact) mass is 403 g/mol. The van der Waals surface area contributed by atoms with Crippen LogP contribution in [0.4, 0.5) is 0 Å². The van der Waals surface area contributed by atoms with E-state index in [9.17, 15) is 0 Å². The van der Waals surface area contributed by atoms with Crippen molar-refractivity contribution in [1.82, 2.24) is 0 Å². The number of thioether (sulfide) groups is 1. The van der Waals surface area contributed by atoms with E-state index in [1.807, 2.05) is 11.8 Å². The number of pyridine rings is 1. The Labute approximate surface area is 142 Å². The summed E-state index contributed by atoms with van der Waals surface area (Å²) in [5.74, 6) is 3.28. The van der Waals surface area contributed by atoms with E-state index in [0.717, 1.165) is 18.1 Å². The number of para-hydroxylation sites is 1. The van der Waals surface area contributed by atoms with Gasteiger partial charge in [0.25, 0.3) is 5.52 Å². The highest BCUT2D eigenvalue weighted by molar-refractivity contribution is 7.99. The maximum Gasteiger partial charge on any atom is 0.254 e. The van der Waals surface area contributed by atoms with Crippen LogP contribution in [0.3, 0.4) is 0 Å². The SMILES string of the molecule is CCCCSCCOc1cccc2ccc[n+](C)c12.[I-]. The number of hydrogen-bond donors (Lipinski definition) is 0. The molecule has 0 spiro atoms. The predicted octanol–water partition coefficient (Wildman–Crippen LogP) is 0.580. The van der Waals surface area contributed by atoms with Crippen LogP contribution in [0.15, 0.2) is 36.5 Å². The lowest BCUT2D eigenvalue weighted by atomic mass is 10.2. The van der Waals surface area contributed by atoms with Gasteiger partial charge < -0.3 is 28.7 Å². The molecule has 0 aliphatic heterocycles. The van der Waals surface area contributed by atoms with Crippen molar-refractivity contribution in [2.45, 2.75) is 19.8 Å². The Bertz CT molecular complexity index is 528. The molecule has 0 aliphatic rings. The molecule has 0 bridgehead atoms. The molecule has 20 heavy (non-hydrogen) atoms. The standard InChI is InChI=1S/C16H22NOS.HI/c1-3-4-12-19-13-11-18-15-9-5-7-14-8-6-10-17(2)16(14)15;/h5-10H,3-4,11-13H2,1-2H3;1H/q+1;/p-1. The van der Waals surface area contributed by atoms with Crippen molar-refractivity contribution >= 4 is 22.7 Å². The highest BCUT2D eigenvalue weighted by Gasteiger charge is 2.10. The van der Waals surface area contributed by atoms with E-state index in [1.54, 1.807) is 0 Å². The third kappa shape index (κ3) is 4.81. The number of benzene rings is 1. The van der Waals surface area contributed by atoms with Crippen molar-refractivity contribution < 1.29 is 33.3 Å². The summed E-state index contributed by atoms with van der Waals surface area (Å²) in [4.78, 5) is 0. The lowest BCUT2D eigenvalue weighted by Gasteiger charge is -2.07. The summed E-state index contributed by atoms with van der Waals surface area (Å²) in [5, 5.41) is 1.22. The molecule has 1 heterocycles. The normalized spacial score (nSPS) is 10.3. The van der Waals surface area contributed by atoms with Gasteiger partial charge >= 0.3 is 0 Å². The van der Waals surface area contributed by atoms with Crippen LogP contribution < -0.4 is 33.3 Å². The molecule has 0 radical (unpaired) electrons. The second kappa shape index (κ2) is 9.45. The van der Waals surface area contributed by atoms with Crippen molar-refractivity contribution in [3.05, 3.63) is 36.5 Å². The molecule has 1 aromatic carbocycles. The van der Waals surface area contributed by atoms with Gasteiger partial charge in [-0.3, -0.25) is 0 Å². The highest BCUT2D eigenvalue weighted by Crippen LogP contribution is 2.21. The molecule has 110 valence electrons. The van der Waals surface area contributed by atoms with Crippen LogP contribution in [0.2, 0.25) is 0 Å². The minimum absolute atomic E-state index is 0. The molecule has 4 heteroatoms. The Morgan fingerprint density at radius 2 is 1.95 bits per heavy atom. The van der Waals surface area contributed by atoms with Crippen LogP contribution in [-0.2, 0) is 7.05 Å². The lowest BCUT2D eigenvalue weighted by molar-refractivity contribution is -0.645. The number of rotatable bonds is 7. The Morgan fingerprint density at radius 1 is 1.15 bits per heavy atom. The third-order valence-corrected chi connectivity index (χ3v) is 4.13. The van der Waals surface area contributed by atoms with E-state index >= 15 is 0 Å². The summed E-state index contributed by atoms with van der Waals surface area (Å²) in [6.45, 7) is 3.01. The average Bonchev–Trinajstić information content (AvgIpc) is 2.43. The molecular weight excluding hydrogens is 381 g/mol. The summed E-state index contributed by atoms with van der Waals surface area (Å²) in [5.41, 5.74) is 1.17. The average molecular weight is 403 g/mol. The Kier molecular flexibility index (Phi) is 8.30. The van der Waals surface area contributed by atoms with Crippen molar-refractivity contribution in [1.29, 1.82) is 0 Å². The van der Waals surface area contributed by atoms with Gasteiger partial charge in [-0.15, -0.1) is 0 Å². The van der Waals surface area contributed by atoms with Gasteiger partial charge in [-0.25, -0.2) is 0 Å². The largest absolute Gasteiger partial charge is 1.00 e. The molecule has 1 aromatic heterocycles. The van der Waals surface area contributed by atoms with E-state index in [4.69, 9.17) is 4.74 Å². The van der Waals surface area contributed by atoms with E-state index in [2.05, 4.69) is 55.1 Å². The molecule has 0 unspecified atom stereocenters. The van der Waals surface area contributed by atoms with Gasteiger partial charge in [-0.2, -0.15) is 16.3 Å². The maximum absolute atomic E-state index is 5.94. The zero-order valence-corrected chi connectivity index (χ0v) is 15.1. The zero-order chi connectivity index (χ0) is 13.5. The predicted molar refractivity (Wildman–Crippen MR) is 82.9 cm³/mol. The molecule has 2 nitrogen and oxygen atoms in total. The molecule has 2 rings (SSSR count). The first-order valence-corrected chi connectivity index (χ1v) is 8.06. The molecule has 0 saturated carbocycles. The second-order valence-electron chi connectivity index (χ2n) is 4.63. The Balaban J connectivity index is 0.00000200. The summed E-state index contributed by atoms with van der Waals surface area (Å²) in [6, 6.07) is 10.4. The summed E-state index contributed by atoms with van der Waals surface area (Å²) >= 11 is 1.97. The first-order valence-electron chi connectivity index (χ1n) is 6.91. The van der Waals surface area contributed by atoms with Crippen LogP contribution in [0.25, 0.3) is 10.9 Å². The highest BCUT2D eigenvalue weighted by atomic mass is 127. The van der Waals surface area contributed by atoms with E-state index in [0.29, 0.717) is 0 Å². The van der Waals surface area contributed by atoms with E-state index in [1.165, 1.54) is 29.5 Å². The molecule has 0 fully saturated rings. The Hall–Kier alpha value is -0.490. The minimum Gasteiger partial charge on any atom is -1.00 e. The smallest absolute Gasteiger partial charge is 0.254 e. The fourth-order valence-corrected chi connectivity index (χ4v) is 2.98. The number of aromatic nitrogens is 1. The van der Waals surface area contributed by atoms with Gasteiger partial charge in [0.2, 0.25) is 0 Å². The number of ether oxygens (including phenoxy) is 1. The fraction of sp³-hybridized carbons (Fsp3) is 0.438. The van der Waals surface area contributed by atoms with Gasteiger partial charge in [0, 0.05) is 11.8 Å². The van der Waals surface area contributed by atoms with Crippen molar-refractivity contribution in [3.63, 3.8) is 0 Å². The molecule has 2 aromatic rings. The van der Waals surface area contributed by atoms with Crippen LogP contribution in [0, 0.1) is 0 Å². The zero-order valence-electron chi connectivity index (χ0n) is 12.1. The van der Waals surface area contributed by atoms with Gasteiger partial charge in [0.15, 0.2) is 11.9 Å². The van der Waals surface area contributed by atoms with Crippen LogP contribution in [0.5, 0.6) is 5.75 Å². The molecular formula is C16H22INOS. The number of aryl methyl sites for hydroxylation is 1. The van der Waals surface area contributed by atoms with Gasteiger partial charge in [0.05, 0.1) is 12.0 Å². The Morgan fingerprint density at radius 3 is 2.75 bits per heavy atom. The summed E-state index contributed by atoms with van der Waals surface area (Å²) in [7, 11) is 2.06. The lowest BCUT2D eigenvalue weighted by Crippen LogP contribution is -3.00. The van der Waals surface area contributed by atoms with Gasteiger partial charge in [-0.1, -0.05) is 19.4 Å². The molecule has 0 N–H and O–H groups in total. The van der Waals surface area contributed by atoms with Gasteiger partial charge in [0.1, 0.15) is 7.05 Å². The number of halogens is 1. The van der Waals surface area contributed by atoms with E-state index in [-0.39, 0.29) is 24.0 Å². The van der Waals surface area contributed by atoms with Gasteiger partial charge in [-0.05, 0) is 30.4 Å². The summed E-state index contributed by atoms with van der Waals surface area (Å²) in [6.07, 6.45) is 4.63. The first kappa shape index (κ1) is 17.6. The number of hydrogen-bond acceptors (Lipinski definition) is 2. The number of fused-ring (bicyclic) bond motifs is 1. The molecule has 0 atom stereocenters. The fourth-order valence-electron chi connectivity index (χ4n) is 2.08. The molecule has 0 aliphatic carbocycles. The maximum atomic E-state index is 5.94. The van der Waals surface area contributed by atoms with Crippen LogP contribution >= 0.6 is 11.8 Å². The third-order valence-electron chi connectivity index (χ3n) is 3.10. The van der Waals surface area contributed by atoms with Crippen LogP contribution in [-0.4, -0.2) is 18.1 Å². The van der Waals surface area contributed by atoms with Crippen LogP contribution in [0.1, 0.15) is 19.8 Å². The van der Waals surface area contributed by atoms with E-state index < -0.39 is 0 Å². The first-order chi connectivity index (χ1) is 9.33. The molecule has 0 amide bonds. The topological polar surface area (TPSA) is 13.1 Å². The quantitative estimate of drug-likeness (QED) is 0.381. The minimum atomic E-state index is 0. The van der Waals surface area contributed by atoms with Crippen molar-refractivity contribution in [2.75, 3.05) is 18.1 Å². The number of unbranched alkanes of at least 4 members (excludes halogenated alkanes) is 1. The second-order valence-corrected chi connectivity index (χ2v) is 5.85. The van der Waals surface area contributed by atoms with Crippen molar-refractivity contribution in [3.8, 4) is 5.75 Å².